The van der Waals surface area contributed by atoms with Crippen LogP contribution in [-0.4, -0.2) is 28.1 Å². The van der Waals surface area contributed by atoms with Gasteiger partial charge in [-0.3, -0.25) is 4.79 Å². The fraction of sp³-hybridized carbons (Fsp3) is 0.292. The molecule has 3 heterocycles. The second-order valence-corrected chi connectivity index (χ2v) is 8.71. The fourth-order valence-electron chi connectivity index (χ4n) is 3.43. The molecule has 0 atom stereocenters. The molecule has 0 aliphatic rings. The van der Waals surface area contributed by atoms with Crippen LogP contribution in [0.3, 0.4) is 0 Å². The molecule has 4 rings (SSSR count). The smallest absolute Gasteiger partial charge is 0.230 e. The van der Waals surface area contributed by atoms with Crippen LogP contribution in [-0.2, 0) is 23.2 Å². The van der Waals surface area contributed by atoms with E-state index in [2.05, 4.69) is 31.8 Å². The number of benzene rings is 1. The Kier molecular flexibility index (Phi) is 5.61. The van der Waals surface area contributed by atoms with E-state index in [4.69, 9.17) is 4.52 Å². The highest BCUT2D eigenvalue weighted by Gasteiger charge is 2.20. The predicted octanol–water partition coefficient (Wildman–Crippen LogP) is 4.42. The standard InChI is InChI=1S/C24H27N5O2/c1-24(2,3)20-11-21(29-31-20)28-22(30)9-15-5-7-16(8-6-15)17-10-19-18(12-25-4)14-27-23(19)26-13-17/h5-8,10-11,13-14,25H,9,12H2,1-4H3,(H,26,27)(H,28,29,30). The molecule has 0 saturated carbocycles. The van der Waals surface area contributed by atoms with Crippen LogP contribution in [0, 0.1) is 0 Å². The number of hydrogen-bond acceptors (Lipinski definition) is 5. The number of nitrogens with one attached hydrogen (secondary N) is 3. The minimum absolute atomic E-state index is 0.131. The van der Waals surface area contributed by atoms with Crippen LogP contribution in [0.15, 0.2) is 53.3 Å². The number of hydrogen-bond donors (Lipinski definition) is 3. The summed E-state index contributed by atoms with van der Waals surface area (Å²) in [5.41, 5.74) is 4.93. The molecule has 0 spiro atoms. The number of amides is 1. The molecule has 0 radical (unpaired) electrons. The summed E-state index contributed by atoms with van der Waals surface area (Å²) in [5.74, 6) is 1.04. The minimum Gasteiger partial charge on any atom is -0.359 e. The van der Waals surface area contributed by atoms with E-state index in [1.165, 1.54) is 5.56 Å². The predicted molar refractivity (Wildman–Crippen MR) is 122 cm³/mol. The SMILES string of the molecule is CNCc1c[nH]c2ncc(-c3ccc(CC(=O)Nc4cc(C(C)(C)C)on4)cc3)cc12. The van der Waals surface area contributed by atoms with E-state index in [0.29, 0.717) is 5.82 Å². The summed E-state index contributed by atoms with van der Waals surface area (Å²) in [6.45, 7) is 6.88. The third-order valence-electron chi connectivity index (χ3n) is 5.15. The maximum Gasteiger partial charge on any atom is 0.230 e. The number of carbonyl (C=O) groups is 1. The van der Waals surface area contributed by atoms with E-state index in [9.17, 15) is 4.79 Å². The molecular formula is C24H27N5O2. The molecule has 0 fully saturated rings. The molecule has 160 valence electrons. The van der Waals surface area contributed by atoms with Gasteiger partial charge < -0.3 is 20.1 Å². The van der Waals surface area contributed by atoms with Gasteiger partial charge in [0, 0.05) is 41.4 Å². The number of rotatable bonds is 6. The van der Waals surface area contributed by atoms with Crippen molar-refractivity contribution in [2.45, 2.75) is 39.2 Å². The zero-order valence-corrected chi connectivity index (χ0v) is 18.2. The molecular weight excluding hydrogens is 390 g/mol. The first-order valence-corrected chi connectivity index (χ1v) is 10.3. The molecule has 1 amide bonds. The Hall–Kier alpha value is -3.45. The van der Waals surface area contributed by atoms with Crippen molar-refractivity contribution in [2.75, 3.05) is 12.4 Å². The molecule has 0 saturated heterocycles. The zero-order valence-electron chi connectivity index (χ0n) is 18.2. The molecule has 31 heavy (non-hydrogen) atoms. The minimum atomic E-state index is -0.155. The number of anilines is 1. The van der Waals surface area contributed by atoms with E-state index in [1.807, 2.05) is 64.5 Å². The Morgan fingerprint density at radius 3 is 2.58 bits per heavy atom. The van der Waals surface area contributed by atoms with Gasteiger partial charge in [-0.15, -0.1) is 0 Å². The molecule has 0 aliphatic carbocycles. The normalized spacial score (nSPS) is 11.7. The van der Waals surface area contributed by atoms with Crippen molar-refractivity contribution in [3.8, 4) is 11.1 Å². The summed E-state index contributed by atoms with van der Waals surface area (Å²) in [5, 5.41) is 11.0. The van der Waals surface area contributed by atoms with Crippen molar-refractivity contribution >= 4 is 22.8 Å². The average molecular weight is 418 g/mol. The molecule has 7 heteroatoms. The van der Waals surface area contributed by atoms with Crippen LogP contribution in [0.1, 0.15) is 37.7 Å². The van der Waals surface area contributed by atoms with Crippen LogP contribution in [0.25, 0.3) is 22.2 Å². The van der Waals surface area contributed by atoms with Crippen LogP contribution in [0.4, 0.5) is 5.82 Å². The van der Waals surface area contributed by atoms with Gasteiger partial charge in [0.05, 0.1) is 6.42 Å². The summed E-state index contributed by atoms with van der Waals surface area (Å²) < 4.78 is 5.32. The van der Waals surface area contributed by atoms with Crippen LogP contribution in [0.5, 0.6) is 0 Å². The first kappa shape index (κ1) is 20.8. The number of fused-ring (bicyclic) bond motifs is 1. The van der Waals surface area contributed by atoms with Gasteiger partial charge in [-0.25, -0.2) is 4.98 Å². The van der Waals surface area contributed by atoms with Gasteiger partial charge in [0.15, 0.2) is 5.82 Å². The fourth-order valence-corrected chi connectivity index (χ4v) is 3.43. The second kappa shape index (κ2) is 8.35. The first-order valence-electron chi connectivity index (χ1n) is 10.3. The van der Waals surface area contributed by atoms with Gasteiger partial charge in [-0.2, -0.15) is 0 Å². The van der Waals surface area contributed by atoms with E-state index in [-0.39, 0.29) is 17.7 Å². The largest absolute Gasteiger partial charge is 0.359 e. The number of H-pyrrole nitrogens is 1. The molecule has 0 aliphatic heterocycles. The summed E-state index contributed by atoms with van der Waals surface area (Å²) in [7, 11) is 1.93. The van der Waals surface area contributed by atoms with E-state index >= 15 is 0 Å². The number of pyridine rings is 1. The monoisotopic (exact) mass is 417 g/mol. The lowest BCUT2D eigenvalue weighted by Gasteiger charge is -2.12. The van der Waals surface area contributed by atoms with Gasteiger partial charge in [0.2, 0.25) is 5.91 Å². The first-order chi connectivity index (χ1) is 14.8. The summed E-state index contributed by atoms with van der Waals surface area (Å²) in [4.78, 5) is 20.1. The summed E-state index contributed by atoms with van der Waals surface area (Å²) in [6.07, 6.45) is 4.11. The Bertz CT molecular complexity index is 1200. The topological polar surface area (TPSA) is 95.8 Å². The summed E-state index contributed by atoms with van der Waals surface area (Å²) in [6, 6.07) is 11.9. The van der Waals surface area contributed by atoms with E-state index < -0.39 is 0 Å². The van der Waals surface area contributed by atoms with Crippen LogP contribution >= 0.6 is 0 Å². The highest BCUT2D eigenvalue weighted by atomic mass is 16.5. The van der Waals surface area contributed by atoms with E-state index in [1.54, 1.807) is 6.07 Å². The Morgan fingerprint density at radius 2 is 1.90 bits per heavy atom. The zero-order chi connectivity index (χ0) is 22.0. The number of aromatic amines is 1. The van der Waals surface area contributed by atoms with Crippen LogP contribution < -0.4 is 10.6 Å². The van der Waals surface area contributed by atoms with Gasteiger partial charge in [0.25, 0.3) is 0 Å². The highest BCUT2D eigenvalue weighted by molar-refractivity contribution is 5.91. The van der Waals surface area contributed by atoms with Crippen molar-refractivity contribution in [3.63, 3.8) is 0 Å². The van der Waals surface area contributed by atoms with Gasteiger partial charge in [0.1, 0.15) is 11.4 Å². The number of nitrogens with zero attached hydrogens (tertiary/aromatic N) is 2. The Balaban J connectivity index is 1.44. The van der Waals surface area contributed by atoms with Crippen molar-refractivity contribution in [1.82, 2.24) is 20.4 Å². The Labute approximate surface area is 181 Å². The molecule has 3 N–H and O–H groups in total. The highest BCUT2D eigenvalue weighted by Crippen LogP contribution is 2.26. The lowest BCUT2D eigenvalue weighted by atomic mass is 9.93. The molecule has 7 nitrogen and oxygen atoms in total. The van der Waals surface area contributed by atoms with Crippen molar-refractivity contribution < 1.29 is 9.32 Å². The molecule has 0 bridgehead atoms. The van der Waals surface area contributed by atoms with E-state index in [0.717, 1.165) is 40.0 Å². The van der Waals surface area contributed by atoms with Crippen LogP contribution in [0.2, 0.25) is 0 Å². The lowest BCUT2D eigenvalue weighted by molar-refractivity contribution is -0.115. The average Bonchev–Trinajstić information content (AvgIpc) is 3.36. The maximum atomic E-state index is 12.4. The third kappa shape index (κ3) is 4.67. The quantitative estimate of drug-likeness (QED) is 0.432. The molecule has 4 aromatic rings. The van der Waals surface area contributed by atoms with Gasteiger partial charge >= 0.3 is 0 Å². The maximum absolute atomic E-state index is 12.4. The van der Waals surface area contributed by atoms with Crippen molar-refractivity contribution in [1.29, 1.82) is 0 Å². The number of carbonyl (C=O) groups excluding carboxylic acids is 1. The van der Waals surface area contributed by atoms with Crippen molar-refractivity contribution in [3.05, 3.63) is 65.7 Å². The molecule has 3 aromatic heterocycles. The van der Waals surface area contributed by atoms with Gasteiger partial charge in [-0.1, -0.05) is 50.2 Å². The van der Waals surface area contributed by atoms with Gasteiger partial charge in [-0.05, 0) is 29.8 Å². The lowest BCUT2D eigenvalue weighted by Crippen LogP contribution is -2.14. The number of aromatic nitrogens is 3. The third-order valence-corrected chi connectivity index (χ3v) is 5.15. The molecule has 0 unspecified atom stereocenters. The summed E-state index contributed by atoms with van der Waals surface area (Å²) >= 11 is 0. The second-order valence-electron chi connectivity index (χ2n) is 8.71. The Morgan fingerprint density at radius 1 is 1.13 bits per heavy atom. The molecule has 1 aromatic carbocycles. The van der Waals surface area contributed by atoms with Crippen molar-refractivity contribution in [2.24, 2.45) is 0 Å².